The minimum atomic E-state index is -0.273. The van der Waals surface area contributed by atoms with E-state index in [0.29, 0.717) is 13.2 Å². The molecule has 0 aromatic rings. The van der Waals surface area contributed by atoms with E-state index < -0.39 is 0 Å². The molecule has 3 nitrogen and oxygen atoms in total. The van der Waals surface area contributed by atoms with Crippen LogP contribution in [0.25, 0.3) is 0 Å². The van der Waals surface area contributed by atoms with Crippen molar-refractivity contribution in [1.82, 2.24) is 4.90 Å². The predicted molar refractivity (Wildman–Crippen MR) is 44.5 cm³/mol. The smallest absolute Gasteiger partial charge is 0.409 e. The van der Waals surface area contributed by atoms with Crippen LogP contribution < -0.4 is 0 Å². The zero-order chi connectivity index (χ0) is 8.69. The van der Waals surface area contributed by atoms with Gasteiger partial charge in [-0.05, 0) is 13.8 Å². The molecule has 0 N–H and O–H groups in total. The van der Waals surface area contributed by atoms with Crippen LogP contribution >= 0.6 is 0 Å². The first-order valence-electron chi connectivity index (χ1n) is 3.71. The van der Waals surface area contributed by atoms with Gasteiger partial charge in [-0.1, -0.05) is 12.2 Å². The Hall–Kier alpha value is -0.990. The van der Waals surface area contributed by atoms with Gasteiger partial charge in [0.15, 0.2) is 0 Å². The van der Waals surface area contributed by atoms with Crippen molar-refractivity contribution in [2.45, 2.75) is 13.8 Å². The maximum Gasteiger partial charge on any atom is 0.409 e. The van der Waals surface area contributed by atoms with Crippen LogP contribution in [0.1, 0.15) is 13.8 Å². The Balaban J connectivity index is 3.52. The van der Waals surface area contributed by atoms with Crippen LogP contribution in [0.4, 0.5) is 4.79 Å². The lowest BCUT2D eigenvalue weighted by atomic mass is 10.5. The standard InChI is InChI=1S/C8H15NO2/c1-4-6-7-11-8(10)9(3)5-2/h4,6H,5,7H2,1-3H3/b6-4+. The molecule has 64 valence electrons. The zero-order valence-electron chi connectivity index (χ0n) is 7.33. The molecule has 0 unspecified atom stereocenters. The number of hydrogen-bond acceptors (Lipinski definition) is 2. The van der Waals surface area contributed by atoms with E-state index in [0.717, 1.165) is 0 Å². The third kappa shape index (κ3) is 4.42. The number of allylic oxidation sites excluding steroid dienone is 1. The highest BCUT2D eigenvalue weighted by Gasteiger charge is 2.04. The topological polar surface area (TPSA) is 29.5 Å². The van der Waals surface area contributed by atoms with Gasteiger partial charge in [0.1, 0.15) is 6.61 Å². The molecule has 0 radical (unpaired) electrons. The lowest BCUT2D eigenvalue weighted by molar-refractivity contribution is 0.123. The van der Waals surface area contributed by atoms with E-state index in [1.807, 2.05) is 19.9 Å². The van der Waals surface area contributed by atoms with Crippen LogP contribution in [0.2, 0.25) is 0 Å². The summed E-state index contributed by atoms with van der Waals surface area (Å²) >= 11 is 0. The summed E-state index contributed by atoms with van der Waals surface area (Å²) in [6.45, 7) is 4.82. The molecule has 0 spiro atoms. The van der Waals surface area contributed by atoms with Crippen LogP contribution in [0, 0.1) is 0 Å². The molecule has 0 saturated heterocycles. The normalized spacial score (nSPS) is 10.1. The van der Waals surface area contributed by atoms with E-state index in [2.05, 4.69) is 0 Å². The van der Waals surface area contributed by atoms with E-state index in [1.54, 1.807) is 13.1 Å². The first kappa shape index (κ1) is 10.0. The van der Waals surface area contributed by atoms with Gasteiger partial charge in [-0.15, -0.1) is 0 Å². The van der Waals surface area contributed by atoms with E-state index in [4.69, 9.17) is 4.74 Å². The molecule has 0 saturated carbocycles. The Kier molecular flexibility index (Phi) is 5.25. The van der Waals surface area contributed by atoms with Gasteiger partial charge >= 0.3 is 6.09 Å². The lowest BCUT2D eigenvalue weighted by Gasteiger charge is -2.12. The second-order valence-corrected chi connectivity index (χ2v) is 2.16. The summed E-state index contributed by atoms with van der Waals surface area (Å²) in [4.78, 5) is 12.4. The number of nitrogens with zero attached hydrogens (tertiary/aromatic N) is 1. The summed E-state index contributed by atoms with van der Waals surface area (Å²) in [5.74, 6) is 0. The maximum absolute atomic E-state index is 10.9. The van der Waals surface area contributed by atoms with E-state index in [-0.39, 0.29) is 6.09 Å². The summed E-state index contributed by atoms with van der Waals surface area (Å²) in [7, 11) is 1.71. The van der Waals surface area contributed by atoms with Crippen molar-refractivity contribution in [2.24, 2.45) is 0 Å². The summed E-state index contributed by atoms with van der Waals surface area (Å²) in [6, 6.07) is 0. The number of hydrogen-bond donors (Lipinski definition) is 0. The molecule has 0 bridgehead atoms. The van der Waals surface area contributed by atoms with Gasteiger partial charge in [0.25, 0.3) is 0 Å². The van der Waals surface area contributed by atoms with Crippen LogP contribution in [0.15, 0.2) is 12.2 Å². The minimum Gasteiger partial charge on any atom is -0.445 e. The molecule has 0 fully saturated rings. The fourth-order valence-electron chi connectivity index (χ4n) is 0.455. The first-order valence-corrected chi connectivity index (χ1v) is 3.71. The van der Waals surface area contributed by atoms with Crippen LogP contribution in [-0.2, 0) is 4.74 Å². The monoisotopic (exact) mass is 157 g/mol. The fraction of sp³-hybridized carbons (Fsp3) is 0.625. The zero-order valence-corrected chi connectivity index (χ0v) is 7.33. The molecule has 0 aliphatic heterocycles. The minimum absolute atomic E-state index is 0.273. The van der Waals surface area contributed by atoms with Gasteiger partial charge in [-0.25, -0.2) is 4.79 Å². The second-order valence-electron chi connectivity index (χ2n) is 2.16. The molecule has 0 heterocycles. The Labute approximate surface area is 67.6 Å². The van der Waals surface area contributed by atoms with Crippen molar-refractivity contribution in [3.63, 3.8) is 0 Å². The molecule has 0 aromatic heterocycles. The summed E-state index contributed by atoms with van der Waals surface area (Å²) in [5, 5.41) is 0. The van der Waals surface area contributed by atoms with E-state index in [1.165, 1.54) is 4.90 Å². The van der Waals surface area contributed by atoms with E-state index in [9.17, 15) is 4.79 Å². The van der Waals surface area contributed by atoms with Crippen molar-refractivity contribution in [2.75, 3.05) is 20.2 Å². The molecule has 0 aliphatic carbocycles. The highest BCUT2D eigenvalue weighted by molar-refractivity contribution is 5.67. The van der Waals surface area contributed by atoms with Crippen molar-refractivity contribution in [3.8, 4) is 0 Å². The largest absolute Gasteiger partial charge is 0.445 e. The van der Waals surface area contributed by atoms with Gasteiger partial charge in [0.2, 0.25) is 0 Å². The lowest BCUT2D eigenvalue weighted by Crippen LogP contribution is -2.26. The number of rotatable bonds is 3. The van der Waals surface area contributed by atoms with Gasteiger partial charge in [0, 0.05) is 13.6 Å². The number of amides is 1. The van der Waals surface area contributed by atoms with Gasteiger partial charge in [0.05, 0.1) is 0 Å². The van der Waals surface area contributed by atoms with Gasteiger partial charge in [-0.3, -0.25) is 0 Å². The average molecular weight is 157 g/mol. The Bertz CT molecular complexity index is 143. The number of ether oxygens (including phenoxy) is 1. The molecular formula is C8H15NO2. The fourth-order valence-corrected chi connectivity index (χ4v) is 0.455. The third-order valence-corrected chi connectivity index (χ3v) is 1.32. The number of carbonyl (C=O) groups excluding carboxylic acids is 1. The highest BCUT2D eigenvalue weighted by atomic mass is 16.6. The molecule has 0 aromatic carbocycles. The molecule has 0 rings (SSSR count). The van der Waals surface area contributed by atoms with Crippen molar-refractivity contribution >= 4 is 6.09 Å². The van der Waals surface area contributed by atoms with Crippen molar-refractivity contribution < 1.29 is 9.53 Å². The molecule has 11 heavy (non-hydrogen) atoms. The van der Waals surface area contributed by atoms with Gasteiger partial charge < -0.3 is 9.64 Å². The third-order valence-electron chi connectivity index (χ3n) is 1.32. The predicted octanol–water partition coefficient (Wildman–Crippen LogP) is 1.65. The highest BCUT2D eigenvalue weighted by Crippen LogP contribution is 1.88. The molecule has 3 heteroatoms. The van der Waals surface area contributed by atoms with Gasteiger partial charge in [-0.2, -0.15) is 0 Å². The second kappa shape index (κ2) is 5.77. The first-order chi connectivity index (χ1) is 5.22. The molecule has 0 aliphatic rings. The average Bonchev–Trinajstić information content (AvgIpc) is 2.03. The molecule has 0 atom stereocenters. The quantitative estimate of drug-likeness (QED) is 0.583. The Morgan fingerprint density at radius 1 is 1.64 bits per heavy atom. The summed E-state index contributed by atoms with van der Waals surface area (Å²) in [6.07, 6.45) is 3.37. The Morgan fingerprint density at radius 2 is 2.27 bits per heavy atom. The summed E-state index contributed by atoms with van der Waals surface area (Å²) < 4.78 is 4.84. The SMILES string of the molecule is C/C=C/COC(=O)N(C)CC. The van der Waals surface area contributed by atoms with Crippen molar-refractivity contribution in [1.29, 1.82) is 0 Å². The number of carbonyl (C=O) groups is 1. The van der Waals surface area contributed by atoms with Crippen LogP contribution in [0.3, 0.4) is 0 Å². The van der Waals surface area contributed by atoms with Crippen LogP contribution in [-0.4, -0.2) is 31.2 Å². The Morgan fingerprint density at radius 3 is 2.73 bits per heavy atom. The maximum atomic E-state index is 10.9. The van der Waals surface area contributed by atoms with Crippen molar-refractivity contribution in [3.05, 3.63) is 12.2 Å². The van der Waals surface area contributed by atoms with E-state index >= 15 is 0 Å². The van der Waals surface area contributed by atoms with Crippen LogP contribution in [0.5, 0.6) is 0 Å². The summed E-state index contributed by atoms with van der Waals surface area (Å²) in [5.41, 5.74) is 0. The molecule has 1 amide bonds. The molecular weight excluding hydrogens is 142 g/mol.